The second kappa shape index (κ2) is 7.79. The molecule has 2 rings (SSSR count). The van der Waals surface area contributed by atoms with Crippen molar-refractivity contribution < 1.29 is 21.8 Å². The molecule has 0 saturated heterocycles. The van der Waals surface area contributed by atoms with Crippen molar-refractivity contribution >= 4 is 31.6 Å². The number of rotatable bonds is 7. The molecule has 0 unspecified atom stereocenters. The van der Waals surface area contributed by atoms with Gasteiger partial charge in [0.1, 0.15) is 10.7 Å². The SMILES string of the molecule is CC(C)(C)NS(=O)(=O)c1ccc(NNS(=O)(=O)c2ccccc2[N+](=O)[O-])nc1. The van der Waals surface area contributed by atoms with E-state index in [1.807, 2.05) is 4.83 Å². The Balaban J connectivity index is 2.17. The lowest BCUT2D eigenvalue weighted by molar-refractivity contribution is -0.387. The van der Waals surface area contributed by atoms with Crippen LogP contribution in [0, 0.1) is 10.1 Å². The van der Waals surface area contributed by atoms with E-state index in [1.165, 1.54) is 24.3 Å². The molecular weight excluding hydrogens is 410 g/mol. The molecule has 13 heteroatoms. The standard InChI is InChI=1S/C15H19N5O6S2/c1-15(2,3)18-27(23,24)11-8-9-14(16-10-11)17-19-28(25,26)13-7-5-4-6-12(13)20(21)22/h4-10,18-19H,1-3H3,(H,16,17). The van der Waals surface area contributed by atoms with E-state index in [2.05, 4.69) is 15.1 Å². The van der Waals surface area contributed by atoms with Crippen LogP contribution in [0.2, 0.25) is 0 Å². The van der Waals surface area contributed by atoms with Crippen molar-refractivity contribution in [3.63, 3.8) is 0 Å². The molecule has 0 amide bonds. The summed E-state index contributed by atoms with van der Waals surface area (Å²) in [5, 5.41) is 11.0. The summed E-state index contributed by atoms with van der Waals surface area (Å²) in [6.07, 6.45) is 1.05. The van der Waals surface area contributed by atoms with E-state index in [9.17, 15) is 26.9 Å². The third kappa shape index (κ3) is 5.45. The molecule has 0 aliphatic heterocycles. The molecule has 0 radical (unpaired) electrons. The monoisotopic (exact) mass is 429 g/mol. The number of anilines is 1. The van der Waals surface area contributed by atoms with Gasteiger partial charge in [-0.3, -0.25) is 15.5 Å². The van der Waals surface area contributed by atoms with E-state index in [-0.39, 0.29) is 10.7 Å². The molecule has 0 spiro atoms. The smallest absolute Gasteiger partial charge is 0.289 e. The quantitative estimate of drug-likeness (QED) is 0.439. The topological polar surface area (TPSA) is 160 Å². The minimum Gasteiger partial charge on any atom is -0.292 e. The van der Waals surface area contributed by atoms with E-state index in [0.29, 0.717) is 0 Å². The summed E-state index contributed by atoms with van der Waals surface area (Å²) in [5.41, 5.74) is 1.02. The highest BCUT2D eigenvalue weighted by Crippen LogP contribution is 2.22. The number of hydrogen-bond acceptors (Lipinski definition) is 8. The molecule has 2 aromatic rings. The summed E-state index contributed by atoms with van der Waals surface area (Å²) >= 11 is 0. The number of benzene rings is 1. The summed E-state index contributed by atoms with van der Waals surface area (Å²) < 4.78 is 51.5. The Labute approximate surface area is 162 Å². The van der Waals surface area contributed by atoms with Gasteiger partial charge in [0.15, 0.2) is 4.90 Å². The minimum atomic E-state index is -4.27. The first-order valence-corrected chi connectivity index (χ1v) is 10.8. The number of hydrazine groups is 1. The van der Waals surface area contributed by atoms with Crippen molar-refractivity contribution in [2.45, 2.75) is 36.1 Å². The fourth-order valence-corrected chi connectivity index (χ4v) is 4.47. The highest BCUT2D eigenvalue weighted by molar-refractivity contribution is 7.90. The largest absolute Gasteiger partial charge is 0.292 e. The number of nitrogens with one attached hydrogen (secondary N) is 3. The van der Waals surface area contributed by atoms with Crippen molar-refractivity contribution in [1.29, 1.82) is 0 Å². The zero-order valence-corrected chi connectivity index (χ0v) is 16.8. The summed E-state index contributed by atoms with van der Waals surface area (Å²) in [5.74, 6) is -0.00290. The zero-order valence-electron chi connectivity index (χ0n) is 15.2. The first kappa shape index (κ1) is 21.7. The fraction of sp³-hybridized carbons (Fsp3) is 0.267. The van der Waals surface area contributed by atoms with Crippen LogP contribution in [0.3, 0.4) is 0 Å². The van der Waals surface area contributed by atoms with Gasteiger partial charge < -0.3 is 0 Å². The summed E-state index contributed by atoms with van der Waals surface area (Å²) in [6.45, 7) is 5.06. The first-order chi connectivity index (χ1) is 12.8. The molecule has 0 aliphatic rings. The lowest BCUT2D eigenvalue weighted by Crippen LogP contribution is -2.40. The van der Waals surface area contributed by atoms with Gasteiger partial charge in [0.05, 0.1) is 4.92 Å². The number of nitro benzene ring substituents is 1. The van der Waals surface area contributed by atoms with Gasteiger partial charge in [-0.1, -0.05) is 12.1 Å². The van der Waals surface area contributed by atoms with Crippen molar-refractivity contribution in [3.8, 4) is 0 Å². The van der Waals surface area contributed by atoms with Crippen LogP contribution in [0.5, 0.6) is 0 Å². The van der Waals surface area contributed by atoms with Crippen molar-refractivity contribution in [2.75, 3.05) is 5.43 Å². The first-order valence-electron chi connectivity index (χ1n) is 7.83. The second-order valence-corrected chi connectivity index (χ2v) is 10.0. The maximum Gasteiger partial charge on any atom is 0.289 e. The van der Waals surface area contributed by atoms with E-state index in [0.717, 1.165) is 18.3 Å². The molecule has 0 aliphatic carbocycles. The lowest BCUT2D eigenvalue weighted by Gasteiger charge is -2.20. The zero-order chi connectivity index (χ0) is 21.2. The average Bonchev–Trinajstić information content (AvgIpc) is 2.58. The molecule has 11 nitrogen and oxygen atoms in total. The lowest BCUT2D eigenvalue weighted by atomic mass is 10.1. The number of aromatic nitrogens is 1. The Morgan fingerprint density at radius 3 is 2.18 bits per heavy atom. The van der Waals surface area contributed by atoms with Gasteiger partial charge in [-0.2, -0.15) is 0 Å². The molecule has 28 heavy (non-hydrogen) atoms. The molecule has 3 N–H and O–H groups in total. The number of pyridine rings is 1. The van der Waals surface area contributed by atoms with Crippen LogP contribution in [0.4, 0.5) is 11.5 Å². The molecule has 1 heterocycles. The Bertz CT molecular complexity index is 1080. The van der Waals surface area contributed by atoms with Crippen LogP contribution in [-0.4, -0.2) is 32.3 Å². The molecule has 1 aromatic heterocycles. The minimum absolute atomic E-state index is 0.00290. The highest BCUT2D eigenvalue weighted by atomic mass is 32.2. The molecule has 1 aromatic carbocycles. The Hall–Kier alpha value is -2.61. The van der Waals surface area contributed by atoms with Crippen LogP contribution >= 0.6 is 0 Å². The number of nitro groups is 1. The van der Waals surface area contributed by atoms with E-state index >= 15 is 0 Å². The maximum absolute atomic E-state index is 12.3. The Kier molecular flexibility index (Phi) is 6.03. The molecule has 0 atom stereocenters. The van der Waals surface area contributed by atoms with Crippen LogP contribution in [0.15, 0.2) is 52.4 Å². The summed E-state index contributed by atoms with van der Waals surface area (Å²) in [7, 11) is -8.06. The van der Waals surface area contributed by atoms with Crippen LogP contribution < -0.4 is 15.0 Å². The predicted molar refractivity (Wildman–Crippen MR) is 101 cm³/mol. The maximum atomic E-state index is 12.3. The molecule has 0 saturated carbocycles. The highest BCUT2D eigenvalue weighted by Gasteiger charge is 2.25. The molecule has 152 valence electrons. The van der Waals surface area contributed by atoms with Crippen LogP contribution in [0.25, 0.3) is 0 Å². The van der Waals surface area contributed by atoms with Gasteiger partial charge in [0.25, 0.3) is 15.7 Å². The van der Waals surface area contributed by atoms with E-state index in [1.54, 1.807) is 20.8 Å². The number of para-hydroxylation sites is 1. The van der Waals surface area contributed by atoms with E-state index < -0.39 is 41.1 Å². The predicted octanol–water partition coefficient (Wildman–Crippen LogP) is 1.37. The molecule has 0 bridgehead atoms. The van der Waals surface area contributed by atoms with Crippen LogP contribution in [0.1, 0.15) is 20.8 Å². The van der Waals surface area contributed by atoms with Gasteiger partial charge in [-0.15, -0.1) is 4.83 Å². The van der Waals surface area contributed by atoms with Crippen molar-refractivity contribution in [1.82, 2.24) is 14.5 Å². The average molecular weight is 429 g/mol. The van der Waals surface area contributed by atoms with Crippen molar-refractivity contribution in [3.05, 3.63) is 52.7 Å². The Morgan fingerprint density at radius 1 is 1.00 bits per heavy atom. The third-order valence-corrected chi connectivity index (χ3v) is 6.19. The number of nitrogens with zero attached hydrogens (tertiary/aromatic N) is 2. The number of sulfonamides is 2. The van der Waals surface area contributed by atoms with Gasteiger partial charge in [0, 0.05) is 17.8 Å². The van der Waals surface area contributed by atoms with Crippen molar-refractivity contribution in [2.24, 2.45) is 0 Å². The van der Waals surface area contributed by atoms with Gasteiger partial charge >= 0.3 is 0 Å². The second-order valence-electron chi connectivity index (χ2n) is 6.69. The van der Waals surface area contributed by atoms with Gasteiger partial charge in [0.2, 0.25) is 10.0 Å². The van der Waals surface area contributed by atoms with Crippen LogP contribution in [-0.2, 0) is 20.0 Å². The number of hydrogen-bond donors (Lipinski definition) is 3. The Morgan fingerprint density at radius 2 is 1.64 bits per heavy atom. The third-order valence-electron chi connectivity index (χ3n) is 3.15. The van der Waals surface area contributed by atoms with Gasteiger partial charge in [-0.25, -0.2) is 26.5 Å². The molecule has 0 fully saturated rings. The van der Waals surface area contributed by atoms with E-state index in [4.69, 9.17) is 0 Å². The normalized spacial score (nSPS) is 12.5. The molecular formula is C15H19N5O6S2. The summed E-state index contributed by atoms with van der Waals surface area (Å²) in [6, 6.07) is 7.33. The summed E-state index contributed by atoms with van der Waals surface area (Å²) in [4.78, 5) is 15.4. The van der Waals surface area contributed by atoms with Gasteiger partial charge in [-0.05, 0) is 39.0 Å². The fourth-order valence-electron chi connectivity index (χ4n) is 2.08.